The summed E-state index contributed by atoms with van der Waals surface area (Å²) >= 11 is 0. The molecule has 4 nitrogen and oxygen atoms in total. The first-order valence-corrected chi connectivity index (χ1v) is 4.85. The minimum absolute atomic E-state index is 0.00497. The molecule has 0 aromatic heterocycles. The maximum Gasteiger partial charge on any atom is 0.243 e. The summed E-state index contributed by atoms with van der Waals surface area (Å²) in [6.07, 6.45) is 8.41. The zero-order valence-electron chi connectivity index (χ0n) is 8.43. The molecule has 1 aliphatic carbocycles. The van der Waals surface area contributed by atoms with Crippen molar-refractivity contribution in [1.29, 1.82) is 0 Å². The van der Waals surface area contributed by atoms with E-state index >= 15 is 0 Å². The second-order valence-electron chi connectivity index (χ2n) is 3.70. The van der Waals surface area contributed by atoms with E-state index in [0.29, 0.717) is 12.1 Å². The van der Waals surface area contributed by atoms with Crippen LogP contribution in [0.3, 0.4) is 0 Å². The standard InChI is InChI=1S/C11H12N2O2/c1-8-6-13(12-11(8)15)7-9-4-2-3-5-10(9)14/h2-5,7-8H,6H2,1H3,(H,12,15)/b9-7+. The van der Waals surface area contributed by atoms with Crippen LogP contribution >= 0.6 is 0 Å². The molecule has 1 atom stereocenters. The summed E-state index contributed by atoms with van der Waals surface area (Å²) in [6, 6.07) is 0. The summed E-state index contributed by atoms with van der Waals surface area (Å²) in [4.78, 5) is 22.6. The van der Waals surface area contributed by atoms with Gasteiger partial charge < -0.3 is 0 Å². The van der Waals surface area contributed by atoms with Gasteiger partial charge in [0.2, 0.25) is 5.91 Å². The topological polar surface area (TPSA) is 49.4 Å². The van der Waals surface area contributed by atoms with Gasteiger partial charge in [-0.2, -0.15) is 0 Å². The molecule has 2 rings (SSSR count). The summed E-state index contributed by atoms with van der Waals surface area (Å²) in [5.41, 5.74) is 3.27. The summed E-state index contributed by atoms with van der Waals surface area (Å²) in [7, 11) is 0. The molecule has 0 aromatic carbocycles. The first kappa shape index (κ1) is 9.71. The highest BCUT2D eigenvalue weighted by Crippen LogP contribution is 2.12. The van der Waals surface area contributed by atoms with E-state index < -0.39 is 0 Å². The van der Waals surface area contributed by atoms with Crippen LogP contribution in [0.5, 0.6) is 0 Å². The van der Waals surface area contributed by atoms with Gasteiger partial charge in [0, 0.05) is 11.8 Å². The van der Waals surface area contributed by atoms with Gasteiger partial charge in [-0.15, -0.1) is 0 Å². The minimum atomic E-state index is -0.0358. The molecule has 4 heteroatoms. The third-order valence-corrected chi connectivity index (χ3v) is 2.39. The van der Waals surface area contributed by atoms with E-state index in [1.807, 2.05) is 6.92 Å². The average Bonchev–Trinajstić information content (AvgIpc) is 2.50. The molecule has 1 heterocycles. The number of carbonyl (C=O) groups is 2. The molecule has 78 valence electrons. The molecule has 1 amide bonds. The lowest BCUT2D eigenvalue weighted by Crippen LogP contribution is -2.29. The van der Waals surface area contributed by atoms with Crippen LogP contribution in [0.2, 0.25) is 0 Å². The van der Waals surface area contributed by atoms with Crippen LogP contribution in [-0.2, 0) is 9.59 Å². The molecule has 1 fully saturated rings. The second-order valence-corrected chi connectivity index (χ2v) is 3.70. The highest BCUT2D eigenvalue weighted by molar-refractivity contribution is 6.07. The van der Waals surface area contributed by atoms with Crippen LogP contribution in [0.1, 0.15) is 6.92 Å². The summed E-state index contributed by atoms with van der Waals surface area (Å²) in [6.45, 7) is 2.46. The van der Waals surface area contributed by atoms with E-state index in [-0.39, 0.29) is 17.6 Å². The van der Waals surface area contributed by atoms with Crippen LogP contribution in [0, 0.1) is 5.92 Å². The van der Waals surface area contributed by atoms with Crippen molar-refractivity contribution in [2.24, 2.45) is 5.92 Å². The molecule has 15 heavy (non-hydrogen) atoms. The molecule has 0 spiro atoms. The number of amides is 1. The van der Waals surface area contributed by atoms with Crippen molar-refractivity contribution in [3.63, 3.8) is 0 Å². The summed E-state index contributed by atoms with van der Waals surface area (Å²) in [5.74, 6) is -0.0685. The van der Waals surface area contributed by atoms with E-state index in [4.69, 9.17) is 0 Å². The van der Waals surface area contributed by atoms with Gasteiger partial charge in [0.1, 0.15) is 0 Å². The lowest BCUT2D eigenvalue weighted by molar-refractivity contribution is -0.123. The molecule has 1 saturated heterocycles. The number of hydrogen-bond donors (Lipinski definition) is 1. The number of nitrogens with zero attached hydrogens (tertiary/aromatic N) is 1. The van der Waals surface area contributed by atoms with Crippen LogP contribution < -0.4 is 5.43 Å². The highest BCUT2D eigenvalue weighted by atomic mass is 16.2. The second kappa shape index (κ2) is 3.73. The molecule has 0 radical (unpaired) electrons. The number of hydrazine groups is 1. The highest BCUT2D eigenvalue weighted by Gasteiger charge is 2.25. The van der Waals surface area contributed by atoms with Crippen molar-refractivity contribution >= 4 is 11.7 Å². The van der Waals surface area contributed by atoms with Gasteiger partial charge in [0.15, 0.2) is 5.78 Å². The maximum absolute atomic E-state index is 11.4. The van der Waals surface area contributed by atoms with Gasteiger partial charge in [-0.3, -0.25) is 20.0 Å². The van der Waals surface area contributed by atoms with Crippen molar-refractivity contribution in [2.45, 2.75) is 6.92 Å². The Bertz CT molecular complexity index is 393. The van der Waals surface area contributed by atoms with Crippen molar-refractivity contribution < 1.29 is 9.59 Å². The predicted octanol–water partition coefficient (Wildman–Crippen LogP) is 0.548. The molecule has 0 bridgehead atoms. The number of rotatable bonds is 1. The lowest BCUT2D eigenvalue weighted by Gasteiger charge is -2.13. The van der Waals surface area contributed by atoms with Crippen LogP contribution in [0.25, 0.3) is 0 Å². The fourth-order valence-electron chi connectivity index (χ4n) is 1.52. The Morgan fingerprint density at radius 3 is 2.73 bits per heavy atom. The van der Waals surface area contributed by atoms with E-state index in [1.165, 1.54) is 6.08 Å². The Morgan fingerprint density at radius 1 is 1.40 bits per heavy atom. The van der Waals surface area contributed by atoms with Gasteiger partial charge in [-0.25, -0.2) is 0 Å². The number of hydrogen-bond acceptors (Lipinski definition) is 3. The molecule has 0 aromatic rings. The van der Waals surface area contributed by atoms with Crippen molar-refractivity contribution in [3.8, 4) is 0 Å². The normalized spacial score (nSPS) is 27.7. The maximum atomic E-state index is 11.4. The molecular weight excluding hydrogens is 192 g/mol. The predicted molar refractivity (Wildman–Crippen MR) is 55.4 cm³/mol. The number of allylic oxidation sites excluding steroid dienone is 5. The smallest absolute Gasteiger partial charge is 0.243 e. The third-order valence-electron chi connectivity index (χ3n) is 2.39. The Morgan fingerprint density at radius 2 is 2.13 bits per heavy atom. The summed E-state index contributed by atoms with van der Waals surface area (Å²) < 4.78 is 0. The Labute approximate surface area is 87.9 Å². The van der Waals surface area contributed by atoms with Gasteiger partial charge in [-0.05, 0) is 12.2 Å². The van der Waals surface area contributed by atoms with Crippen molar-refractivity contribution in [2.75, 3.05) is 6.54 Å². The quantitative estimate of drug-likeness (QED) is 0.634. The zero-order chi connectivity index (χ0) is 10.8. The van der Waals surface area contributed by atoms with E-state index in [9.17, 15) is 9.59 Å². The number of carbonyl (C=O) groups excluding carboxylic acids is 2. The van der Waals surface area contributed by atoms with Gasteiger partial charge in [0.05, 0.1) is 12.5 Å². The van der Waals surface area contributed by atoms with Crippen LogP contribution in [-0.4, -0.2) is 23.2 Å². The van der Waals surface area contributed by atoms with Crippen LogP contribution in [0.15, 0.2) is 36.1 Å². The van der Waals surface area contributed by atoms with E-state index in [0.717, 1.165) is 0 Å². The zero-order valence-corrected chi connectivity index (χ0v) is 8.43. The molecule has 1 aliphatic heterocycles. The first-order chi connectivity index (χ1) is 7.16. The monoisotopic (exact) mass is 204 g/mol. The van der Waals surface area contributed by atoms with Gasteiger partial charge in [-0.1, -0.05) is 19.1 Å². The van der Waals surface area contributed by atoms with Gasteiger partial charge >= 0.3 is 0 Å². The third kappa shape index (κ3) is 1.98. The Hall–Kier alpha value is -1.84. The average molecular weight is 204 g/mol. The van der Waals surface area contributed by atoms with Crippen molar-refractivity contribution in [3.05, 3.63) is 36.1 Å². The molecule has 2 aliphatic rings. The Balaban J connectivity index is 2.11. The molecular formula is C11H12N2O2. The fourth-order valence-corrected chi connectivity index (χ4v) is 1.52. The first-order valence-electron chi connectivity index (χ1n) is 4.85. The number of nitrogens with one attached hydrogen (secondary N) is 1. The summed E-state index contributed by atoms with van der Waals surface area (Å²) in [5, 5.41) is 1.66. The van der Waals surface area contributed by atoms with Gasteiger partial charge in [0.25, 0.3) is 0 Å². The molecule has 1 unspecified atom stereocenters. The van der Waals surface area contributed by atoms with E-state index in [2.05, 4.69) is 5.43 Å². The largest absolute Gasteiger partial charge is 0.291 e. The van der Waals surface area contributed by atoms with Crippen LogP contribution in [0.4, 0.5) is 0 Å². The van der Waals surface area contributed by atoms with E-state index in [1.54, 1.807) is 29.4 Å². The van der Waals surface area contributed by atoms with Crippen molar-refractivity contribution in [1.82, 2.24) is 10.4 Å². The molecule has 1 N–H and O–H groups in total. The Kier molecular flexibility index (Phi) is 2.41. The SMILES string of the molecule is CC1CN(/C=C2\C=CC=CC2=O)NC1=O. The molecule has 0 saturated carbocycles. The minimum Gasteiger partial charge on any atom is -0.291 e. The lowest BCUT2D eigenvalue weighted by atomic mass is 10.1. The number of ketones is 1. The fraction of sp³-hybridized carbons (Fsp3) is 0.273.